The van der Waals surface area contributed by atoms with Crippen LogP contribution < -0.4 is 5.32 Å². The van der Waals surface area contributed by atoms with Gasteiger partial charge in [0.15, 0.2) is 0 Å². The molecule has 1 atom stereocenters. The highest BCUT2D eigenvalue weighted by Gasteiger charge is 2.14. The first-order chi connectivity index (χ1) is 7.52. The van der Waals surface area contributed by atoms with Crippen molar-refractivity contribution in [1.82, 2.24) is 10.2 Å². The van der Waals surface area contributed by atoms with Gasteiger partial charge in [-0.15, -0.1) is 0 Å². The first kappa shape index (κ1) is 14.9. The van der Waals surface area contributed by atoms with E-state index in [1.165, 1.54) is 0 Å². The third-order valence-corrected chi connectivity index (χ3v) is 2.68. The number of hydrogen-bond acceptors (Lipinski definition) is 2. The molecule has 0 saturated heterocycles. The fraction of sp³-hybridized carbons (Fsp3) is 0.833. The van der Waals surface area contributed by atoms with E-state index < -0.39 is 0 Å². The average molecular weight is 228 g/mol. The van der Waals surface area contributed by atoms with E-state index in [2.05, 4.69) is 12.2 Å². The van der Waals surface area contributed by atoms with Crippen LogP contribution in [-0.2, 0) is 9.59 Å². The van der Waals surface area contributed by atoms with Crippen molar-refractivity contribution in [1.29, 1.82) is 0 Å². The first-order valence-corrected chi connectivity index (χ1v) is 6.06. The number of nitrogens with zero attached hydrogens (tertiary/aromatic N) is 1. The summed E-state index contributed by atoms with van der Waals surface area (Å²) in [5.74, 6) is 0.134. The molecular weight excluding hydrogens is 204 g/mol. The molecule has 0 aromatic heterocycles. The van der Waals surface area contributed by atoms with Gasteiger partial charge in [-0.05, 0) is 19.8 Å². The highest BCUT2D eigenvalue weighted by molar-refractivity contribution is 5.76. The summed E-state index contributed by atoms with van der Waals surface area (Å²) in [6.45, 7) is 8.76. The number of amides is 2. The van der Waals surface area contributed by atoms with Gasteiger partial charge >= 0.3 is 0 Å². The molecule has 0 aromatic carbocycles. The summed E-state index contributed by atoms with van der Waals surface area (Å²) in [5, 5.41) is 2.82. The minimum Gasteiger partial charge on any atom is -0.354 e. The van der Waals surface area contributed by atoms with Crippen molar-refractivity contribution in [2.75, 3.05) is 13.1 Å². The Hall–Kier alpha value is -1.06. The second kappa shape index (κ2) is 8.13. The van der Waals surface area contributed by atoms with E-state index in [1.807, 2.05) is 13.8 Å². The Morgan fingerprint density at radius 3 is 2.38 bits per heavy atom. The Balaban J connectivity index is 3.94. The maximum atomic E-state index is 11.4. The molecule has 94 valence electrons. The fourth-order valence-electron chi connectivity index (χ4n) is 1.54. The standard InChI is InChI=1S/C12H24N2O2/c1-5-7-12(16)13-8-9-14(11(4)15)10(3)6-2/h10H,5-9H2,1-4H3,(H,13,16). The summed E-state index contributed by atoms with van der Waals surface area (Å²) in [5.41, 5.74) is 0. The van der Waals surface area contributed by atoms with Crippen LogP contribution in [-0.4, -0.2) is 35.8 Å². The highest BCUT2D eigenvalue weighted by Crippen LogP contribution is 2.02. The lowest BCUT2D eigenvalue weighted by Gasteiger charge is -2.27. The molecule has 0 aliphatic carbocycles. The van der Waals surface area contributed by atoms with Crippen molar-refractivity contribution in [2.24, 2.45) is 0 Å². The van der Waals surface area contributed by atoms with Crippen LogP contribution in [0.15, 0.2) is 0 Å². The van der Waals surface area contributed by atoms with E-state index in [9.17, 15) is 9.59 Å². The minimum absolute atomic E-state index is 0.0650. The zero-order valence-corrected chi connectivity index (χ0v) is 10.9. The van der Waals surface area contributed by atoms with Gasteiger partial charge in [-0.3, -0.25) is 9.59 Å². The third-order valence-electron chi connectivity index (χ3n) is 2.68. The number of carbonyl (C=O) groups excluding carboxylic acids is 2. The van der Waals surface area contributed by atoms with Gasteiger partial charge in [-0.25, -0.2) is 0 Å². The van der Waals surface area contributed by atoms with E-state index in [0.29, 0.717) is 19.5 Å². The molecular formula is C12H24N2O2. The molecule has 0 aromatic rings. The Kier molecular flexibility index (Phi) is 7.60. The smallest absolute Gasteiger partial charge is 0.220 e. The largest absolute Gasteiger partial charge is 0.354 e. The second-order valence-corrected chi connectivity index (χ2v) is 4.07. The van der Waals surface area contributed by atoms with Crippen LogP contribution >= 0.6 is 0 Å². The molecule has 4 heteroatoms. The first-order valence-electron chi connectivity index (χ1n) is 6.06. The molecule has 1 unspecified atom stereocenters. The quantitative estimate of drug-likeness (QED) is 0.718. The topological polar surface area (TPSA) is 49.4 Å². The van der Waals surface area contributed by atoms with Gasteiger partial charge in [-0.1, -0.05) is 13.8 Å². The predicted molar refractivity (Wildman–Crippen MR) is 65.1 cm³/mol. The van der Waals surface area contributed by atoms with Gasteiger partial charge in [0.05, 0.1) is 0 Å². The number of nitrogens with one attached hydrogen (secondary N) is 1. The van der Waals surface area contributed by atoms with Crippen LogP contribution in [0.3, 0.4) is 0 Å². The zero-order valence-electron chi connectivity index (χ0n) is 10.9. The Labute approximate surface area is 98.4 Å². The number of carbonyl (C=O) groups is 2. The summed E-state index contributed by atoms with van der Waals surface area (Å²) in [7, 11) is 0. The Morgan fingerprint density at radius 1 is 1.31 bits per heavy atom. The monoisotopic (exact) mass is 228 g/mol. The van der Waals surface area contributed by atoms with Crippen LogP contribution in [0.5, 0.6) is 0 Å². The van der Waals surface area contributed by atoms with Crippen molar-refractivity contribution in [2.45, 2.75) is 53.0 Å². The summed E-state index contributed by atoms with van der Waals surface area (Å²) >= 11 is 0. The SMILES string of the molecule is CCCC(=O)NCCN(C(C)=O)C(C)CC. The molecule has 0 rings (SSSR count). The van der Waals surface area contributed by atoms with E-state index in [-0.39, 0.29) is 17.9 Å². The van der Waals surface area contributed by atoms with Gasteiger partial charge in [-0.2, -0.15) is 0 Å². The molecule has 1 N–H and O–H groups in total. The van der Waals surface area contributed by atoms with E-state index in [4.69, 9.17) is 0 Å². The zero-order chi connectivity index (χ0) is 12.6. The van der Waals surface area contributed by atoms with Crippen LogP contribution in [0.2, 0.25) is 0 Å². The lowest BCUT2D eigenvalue weighted by molar-refractivity contribution is -0.131. The molecule has 0 saturated carbocycles. The van der Waals surface area contributed by atoms with E-state index >= 15 is 0 Å². The number of rotatable bonds is 7. The summed E-state index contributed by atoms with van der Waals surface area (Å²) in [4.78, 5) is 24.4. The van der Waals surface area contributed by atoms with Gasteiger partial charge in [0.25, 0.3) is 0 Å². The molecule has 0 aliphatic rings. The van der Waals surface area contributed by atoms with Crippen LogP contribution in [0.1, 0.15) is 47.0 Å². The van der Waals surface area contributed by atoms with Gasteiger partial charge in [0.1, 0.15) is 0 Å². The van der Waals surface area contributed by atoms with Crippen molar-refractivity contribution in [3.8, 4) is 0 Å². The Bertz CT molecular complexity index is 229. The van der Waals surface area contributed by atoms with E-state index in [0.717, 1.165) is 12.8 Å². The summed E-state index contributed by atoms with van der Waals surface area (Å²) in [6.07, 6.45) is 2.35. The van der Waals surface area contributed by atoms with Gasteiger partial charge in [0, 0.05) is 32.5 Å². The van der Waals surface area contributed by atoms with Crippen LogP contribution in [0.4, 0.5) is 0 Å². The van der Waals surface area contributed by atoms with Crippen molar-refractivity contribution in [3.05, 3.63) is 0 Å². The maximum absolute atomic E-state index is 11.4. The van der Waals surface area contributed by atoms with Crippen molar-refractivity contribution < 1.29 is 9.59 Å². The molecule has 16 heavy (non-hydrogen) atoms. The third kappa shape index (κ3) is 5.73. The second-order valence-electron chi connectivity index (χ2n) is 4.07. The molecule has 2 amide bonds. The van der Waals surface area contributed by atoms with Gasteiger partial charge in [0.2, 0.25) is 11.8 Å². The predicted octanol–water partition coefficient (Wildman–Crippen LogP) is 1.55. The van der Waals surface area contributed by atoms with E-state index in [1.54, 1.807) is 11.8 Å². The fourth-order valence-corrected chi connectivity index (χ4v) is 1.54. The molecule has 0 spiro atoms. The molecule has 0 heterocycles. The lowest BCUT2D eigenvalue weighted by Crippen LogP contribution is -2.42. The summed E-state index contributed by atoms with van der Waals surface area (Å²) in [6, 6.07) is 0.237. The molecule has 0 fully saturated rings. The van der Waals surface area contributed by atoms with Crippen LogP contribution in [0, 0.1) is 0 Å². The Morgan fingerprint density at radius 2 is 1.94 bits per heavy atom. The molecule has 0 radical (unpaired) electrons. The lowest BCUT2D eigenvalue weighted by atomic mass is 10.2. The highest BCUT2D eigenvalue weighted by atomic mass is 16.2. The van der Waals surface area contributed by atoms with Crippen LogP contribution in [0.25, 0.3) is 0 Å². The van der Waals surface area contributed by atoms with Gasteiger partial charge < -0.3 is 10.2 Å². The summed E-state index contributed by atoms with van der Waals surface area (Å²) < 4.78 is 0. The van der Waals surface area contributed by atoms with Crippen molar-refractivity contribution in [3.63, 3.8) is 0 Å². The minimum atomic E-state index is 0.0650. The normalized spacial score (nSPS) is 12.0. The maximum Gasteiger partial charge on any atom is 0.220 e. The van der Waals surface area contributed by atoms with Crippen molar-refractivity contribution >= 4 is 11.8 Å². The molecule has 0 aliphatic heterocycles. The number of hydrogen-bond donors (Lipinski definition) is 1. The average Bonchev–Trinajstić information content (AvgIpc) is 2.23. The molecule has 0 bridgehead atoms. The molecule has 4 nitrogen and oxygen atoms in total.